The first-order valence-electron chi connectivity index (χ1n) is 10.3. The zero-order chi connectivity index (χ0) is 23.6. The summed E-state index contributed by atoms with van der Waals surface area (Å²) < 4.78 is 35.3. The van der Waals surface area contributed by atoms with Crippen LogP contribution in [0.5, 0.6) is 5.75 Å². The average molecular weight is 465 g/mol. The summed E-state index contributed by atoms with van der Waals surface area (Å²) in [6.07, 6.45) is 0. The lowest BCUT2D eigenvalue weighted by atomic mass is 10.0. The van der Waals surface area contributed by atoms with E-state index >= 15 is 0 Å². The highest BCUT2D eigenvalue weighted by atomic mass is 32.2. The predicted octanol–water partition coefficient (Wildman–Crippen LogP) is 3.32. The molecule has 1 aliphatic heterocycles. The van der Waals surface area contributed by atoms with Gasteiger partial charge in [0.2, 0.25) is 0 Å². The number of amides is 1. The Balaban J connectivity index is 1.47. The molecule has 0 aromatic heterocycles. The molecule has 0 radical (unpaired) electrons. The highest BCUT2D eigenvalue weighted by molar-refractivity contribution is 7.91. The molecule has 1 amide bonds. The van der Waals surface area contributed by atoms with Crippen molar-refractivity contribution in [3.8, 4) is 16.9 Å². The minimum absolute atomic E-state index is 0.119. The molecule has 9 heteroatoms. The number of nitrogens with one attached hydrogen (secondary N) is 2. The van der Waals surface area contributed by atoms with Gasteiger partial charge in [-0.05, 0) is 49.2 Å². The molecule has 8 nitrogen and oxygen atoms in total. The number of fused-ring (bicyclic) bond motifs is 1. The maximum Gasteiger partial charge on any atom is 0.344 e. The summed E-state index contributed by atoms with van der Waals surface area (Å²) in [6, 6.07) is 22.1. The van der Waals surface area contributed by atoms with Crippen molar-refractivity contribution in [2.24, 2.45) is 10.1 Å². The van der Waals surface area contributed by atoms with Crippen LogP contribution >= 0.6 is 0 Å². The van der Waals surface area contributed by atoms with Crippen LogP contribution in [0, 0.1) is 0 Å². The van der Waals surface area contributed by atoms with Crippen molar-refractivity contribution >= 4 is 27.6 Å². The maximum atomic E-state index is 12.9. The molecule has 170 valence electrons. The Kier molecular flexibility index (Phi) is 5.82. The Morgan fingerprint density at radius 1 is 1.03 bits per heavy atom. The summed E-state index contributed by atoms with van der Waals surface area (Å²) in [5.41, 5.74) is 8.30. The molecular formula is C24H24N4O4S. The van der Waals surface area contributed by atoms with Crippen LogP contribution in [0.1, 0.15) is 29.8 Å². The number of nitrogens with two attached hydrogens (primary N) is 1. The third-order valence-electron chi connectivity index (χ3n) is 5.01. The highest BCUT2D eigenvalue weighted by Crippen LogP contribution is 2.31. The monoisotopic (exact) mass is 464 g/mol. The van der Waals surface area contributed by atoms with Crippen molar-refractivity contribution in [3.05, 3.63) is 83.9 Å². The number of rotatable bonds is 6. The van der Waals surface area contributed by atoms with Crippen molar-refractivity contribution in [1.82, 2.24) is 5.32 Å². The number of hydrogen-bond acceptors (Lipinski definition) is 5. The minimum atomic E-state index is -3.88. The van der Waals surface area contributed by atoms with Gasteiger partial charge in [0.15, 0.2) is 5.84 Å². The van der Waals surface area contributed by atoms with Crippen LogP contribution in [0.2, 0.25) is 0 Å². The average Bonchev–Trinajstić information content (AvgIpc) is 2.77. The zero-order valence-corrected chi connectivity index (χ0v) is 19.0. The van der Waals surface area contributed by atoms with Crippen LogP contribution in [0.3, 0.4) is 0 Å². The number of carbonyl (C=O) groups is 1. The zero-order valence-electron chi connectivity index (χ0n) is 18.2. The van der Waals surface area contributed by atoms with Crippen LogP contribution in [0.4, 0.5) is 5.69 Å². The van der Waals surface area contributed by atoms with E-state index in [9.17, 15) is 13.2 Å². The van der Waals surface area contributed by atoms with Crippen LogP contribution in [0.25, 0.3) is 11.1 Å². The first kappa shape index (κ1) is 22.3. The van der Waals surface area contributed by atoms with Gasteiger partial charge in [0.05, 0.1) is 16.8 Å². The molecule has 0 saturated carbocycles. The van der Waals surface area contributed by atoms with Crippen LogP contribution < -0.4 is 20.5 Å². The summed E-state index contributed by atoms with van der Waals surface area (Å²) >= 11 is 0. The summed E-state index contributed by atoms with van der Waals surface area (Å²) in [6.45, 7) is 3.79. The van der Waals surface area contributed by atoms with Gasteiger partial charge in [-0.15, -0.1) is 4.40 Å². The lowest BCUT2D eigenvalue weighted by Crippen LogP contribution is -2.48. The molecule has 4 rings (SSSR count). The molecule has 0 atom stereocenters. The van der Waals surface area contributed by atoms with Crippen molar-refractivity contribution in [1.29, 1.82) is 0 Å². The predicted molar refractivity (Wildman–Crippen MR) is 129 cm³/mol. The standard InChI is InChI=1S/C24H24N4O4S/c1-24(2,15-32-20-13-7-12-19-21(20)22(25)28-33(30,31)27-19)26-23(29)18-11-6-10-17(14-18)16-8-4-3-5-9-16/h3-14,27H,15H2,1-2H3,(H2,25,28)(H,26,29). The largest absolute Gasteiger partial charge is 0.490 e. The number of carbonyl (C=O) groups excluding carboxylic acids is 1. The third kappa shape index (κ3) is 5.15. The Hall–Kier alpha value is -3.85. The molecule has 33 heavy (non-hydrogen) atoms. The van der Waals surface area contributed by atoms with Crippen LogP contribution in [-0.2, 0) is 10.2 Å². The smallest absolute Gasteiger partial charge is 0.344 e. The third-order valence-corrected chi connectivity index (χ3v) is 5.93. The van der Waals surface area contributed by atoms with Gasteiger partial charge < -0.3 is 15.8 Å². The Labute approximate surface area is 192 Å². The molecule has 3 aromatic rings. The molecule has 0 unspecified atom stereocenters. The van der Waals surface area contributed by atoms with Gasteiger partial charge >= 0.3 is 10.2 Å². The van der Waals surface area contributed by atoms with Gasteiger partial charge in [-0.2, -0.15) is 8.42 Å². The second kappa shape index (κ2) is 8.59. The maximum absolute atomic E-state index is 12.9. The number of benzene rings is 3. The lowest BCUT2D eigenvalue weighted by Gasteiger charge is -2.27. The Bertz CT molecular complexity index is 1340. The second-order valence-electron chi connectivity index (χ2n) is 8.31. The van der Waals surface area contributed by atoms with E-state index < -0.39 is 15.7 Å². The number of nitrogens with zero attached hydrogens (tertiary/aromatic N) is 1. The number of ether oxygens (including phenoxy) is 1. The molecule has 0 bridgehead atoms. The summed E-state index contributed by atoms with van der Waals surface area (Å²) in [5, 5.41) is 2.99. The first-order valence-corrected chi connectivity index (χ1v) is 11.7. The normalized spacial score (nSPS) is 14.4. The minimum Gasteiger partial charge on any atom is -0.490 e. The molecule has 1 heterocycles. The van der Waals surface area contributed by atoms with E-state index in [1.54, 1.807) is 24.3 Å². The molecule has 1 aliphatic rings. The molecule has 4 N–H and O–H groups in total. The highest BCUT2D eigenvalue weighted by Gasteiger charge is 2.27. The second-order valence-corrected chi connectivity index (χ2v) is 9.64. The van der Waals surface area contributed by atoms with E-state index in [1.165, 1.54) is 0 Å². The van der Waals surface area contributed by atoms with Gasteiger partial charge in [-0.25, -0.2) is 0 Å². The molecule has 0 aliphatic carbocycles. The number of hydrogen-bond donors (Lipinski definition) is 3. The number of amidine groups is 1. The van der Waals surface area contributed by atoms with Gasteiger partial charge in [0.25, 0.3) is 5.91 Å². The van der Waals surface area contributed by atoms with Crippen molar-refractivity contribution in [2.75, 3.05) is 11.3 Å². The molecule has 0 fully saturated rings. The molecule has 0 spiro atoms. The van der Waals surface area contributed by atoms with Gasteiger partial charge in [0.1, 0.15) is 12.4 Å². The summed E-state index contributed by atoms with van der Waals surface area (Å²) in [4.78, 5) is 12.9. The van der Waals surface area contributed by atoms with E-state index in [2.05, 4.69) is 14.4 Å². The van der Waals surface area contributed by atoms with Crippen molar-refractivity contribution in [2.45, 2.75) is 19.4 Å². The quantitative estimate of drug-likeness (QED) is 0.516. The molecular weight excluding hydrogens is 440 g/mol. The van der Waals surface area contributed by atoms with E-state index in [0.29, 0.717) is 22.6 Å². The fraction of sp³-hybridized carbons (Fsp3) is 0.167. The topological polar surface area (TPSA) is 123 Å². The summed E-state index contributed by atoms with van der Waals surface area (Å²) in [5.74, 6) is -0.0197. The van der Waals surface area contributed by atoms with Gasteiger partial charge in [-0.3, -0.25) is 9.52 Å². The summed E-state index contributed by atoms with van der Waals surface area (Å²) in [7, 11) is -3.88. The van der Waals surface area contributed by atoms with Gasteiger partial charge in [-0.1, -0.05) is 48.5 Å². The van der Waals surface area contributed by atoms with E-state index in [1.807, 2.05) is 62.4 Å². The van der Waals surface area contributed by atoms with Crippen LogP contribution in [0.15, 0.2) is 77.2 Å². The van der Waals surface area contributed by atoms with E-state index in [0.717, 1.165) is 11.1 Å². The Morgan fingerprint density at radius 2 is 1.73 bits per heavy atom. The first-order chi connectivity index (χ1) is 15.6. The van der Waals surface area contributed by atoms with E-state index in [4.69, 9.17) is 10.5 Å². The Morgan fingerprint density at radius 3 is 2.48 bits per heavy atom. The fourth-order valence-electron chi connectivity index (χ4n) is 3.48. The van der Waals surface area contributed by atoms with Crippen LogP contribution in [-0.4, -0.2) is 32.3 Å². The van der Waals surface area contributed by atoms with Crippen molar-refractivity contribution in [3.63, 3.8) is 0 Å². The molecule has 3 aromatic carbocycles. The van der Waals surface area contributed by atoms with E-state index in [-0.39, 0.29) is 18.3 Å². The molecule has 0 saturated heterocycles. The number of anilines is 1. The lowest BCUT2D eigenvalue weighted by molar-refractivity contribution is 0.0881. The van der Waals surface area contributed by atoms with Crippen molar-refractivity contribution < 1.29 is 17.9 Å². The SMILES string of the molecule is CC(C)(COc1cccc2c1C(N)=NS(=O)(=O)N2)NC(=O)c1cccc(-c2ccccc2)c1. The fourth-order valence-corrected chi connectivity index (χ4v) is 4.33. The van der Waals surface area contributed by atoms with Gasteiger partial charge in [0, 0.05) is 5.56 Å².